The molecule has 1 aromatic rings. The molecule has 0 saturated carbocycles. The zero-order valence-electron chi connectivity index (χ0n) is 6.12. The lowest BCUT2D eigenvalue weighted by molar-refractivity contribution is 0.576. The van der Waals surface area contributed by atoms with E-state index in [-0.39, 0.29) is 6.01 Å². The Bertz CT molecular complexity index is 242. The van der Waals surface area contributed by atoms with E-state index in [4.69, 9.17) is 10.2 Å². The molecule has 60 valence electrons. The molecule has 4 heteroatoms. The first kappa shape index (κ1) is 7.03. The predicted molar refractivity (Wildman–Crippen MR) is 45.6 cm³/mol. The molecule has 0 spiro atoms. The Morgan fingerprint density at radius 3 is 3.18 bits per heavy atom. The first-order valence-electron chi connectivity index (χ1n) is 3.65. The highest BCUT2D eigenvalue weighted by molar-refractivity contribution is 7.99. The molecule has 1 aliphatic rings. The fraction of sp³-hybridized carbons (Fsp3) is 0.571. The van der Waals surface area contributed by atoms with Gasteiger partial charge < -0.3 is 10.2 Å². The largest absolute Gasteiger partial charge is 0.432 e. The highest BCUT2D eigenvalue weighted by Crippen LogP contribution is 2.31. The molecule has 0 bridgehead atoms. The normalized spacial score (nSPS) is 24.2. The number of oxazole rings is 1. The van der Waals surface area contributed by atoms with Crippen molar-refractivity contribution in [3.63, 3.8) is 0 Å². The number of nitrogen functional groups attached to an aromatic ring is 1. The second-order valence-electron chi connectivity index (χ2n) is 2.67. The maximum absolute atomic E-state index is 5.36. The molecule has 0 radical (unpaired) electrons. The van der Waals surface area contributed by atoms with Crippen LogP contribution in [0.4, 0.5) is 6.01 Å². The molecule has 1 unspecified atom stereocenters. The number of nitrogens with two attached hydrogens (primary N) is 1. The molecule has 1 saturated heterocycles. The number of rotatable bonds is 1. The van der Waals surface area contributed by atoms with Gasteiger partial charge in [-0.2, -0.15) is 16.7 Å². The summed E-state index contributed by atoms with van der Waals surface area (Å²) >= 11 is 1.96. The van der Waals surface area contributed by atoms with Crippen LogP contribution < -0.4 is 5.73 Å². The van der Waals surface area contributed by atoms with Gasteiger partial charge in [-0.3, -0.25) is 0 Å². The Kier molecular flexibility index (Phi) is 1.77. The molecule has 1 aromatic heterocycles. The van der Waals surface area contributed by atoms with Gasteiger partial charge in [-0.15, -0.1) is 0 Å². The van der Waals surface area contributed by atoms with Crippen molar-refractivity contribution in [2.24, 2.45) is 0 Å². The maximum atomic E-state index is 5.36. The molecule has 0 aliphatic carbocycles. The van der Waals surface area contributed by atoms with Crippen molar-refractivity contribution in [3.05, 3.63) is 12.0 Å². The molecule has 0 amide bonds. The Morgan fingerprint density at radius 2 is 2.64 bits per heavy atom. The van der Waals surface area contributed by atoms with Crippen molar-refractivity contribution in [2.45, 2.75) is 12.3 Å². The topological polar surface area (TPSA) is 52.0 Å². The Labute approximate surface area is 69.4 Å². The van der Waals surface area contributed by atoms with Crippen LogP contribution in [-0.2, 0) is 0 Å². The minimum atomic E-state index is 0.289. The van der Waals surface area contributed by atoms with Crippen molar-refractivity contribution in [1.29, 1.82) is 0 Å². The molecule has 1 atom stereocenters. The Balaban J connectivity index is 2.15. The van der Waals surface area contributed by atoms with Gasteiger partial charge in [0.2, 0.25) is 0 Å². The molecule has 2 heterocycles. The summed E-state index contributed by atoms with van der Waals surface area (Å²) in [7, 11) is 0. The summed E-state index contributed by atoms with van der Waals surface area (Å²) in [6.45, 7) is 0. The fourth-order valence-corrected chi connectivity index (χ4v) is 2.50. The average molecular weight is 170 g/mol. The number of hydrogen-bond donors (Lipinski definition) is 1. The van der Waals surface area contributed by atoms with Gasteiger partial charge in [0.05, 0.1) is 5.69 Å². The predicted octanol–water partition coefficient (Wildman–Crippen LogP) is 1.48. The summed E-state index contributed by atoms with van der Waals surface area (Å²) in [5.74, 6) is 2.96. The highest BCUT2D eigenvalue weighted by Gasteiger charge is 2.20. The third kappa shape index (κ3) is 1.35. The standard InChI is InChI=1S/C7H10N2OS/c8-7-9-6(3-10-7)5-1-2-11-4-5/h3,5H,1-2,4H2,(H2,8,9). The lowest BCUT2D eigenvalue weighted by Crippen LogP contribution is -1.96. The SMILES string of the molecule is Nc1nc(C2CCSC2)co1. The number of anilines is 1. The van der Waals surface area contributed by atoms with Crippen LogP contribution >= 0.6 is 11.8 Å². The van der Waals surface area contributed by atoms with Gasteiger partial charge in [0.1, 0.15) is 6.26 Å². The average Bonchev–Trinajstić information content (AvgIpc) is 2.55. The van der Waals surface area contributed by atoms with E-state index in [1.807, 2.05) is 11.8 Å². The quantitative estimate of drug-likeness (QED) is 0.693. The van der Waals surface area contributed by atoms with E-state index in [1.54, 1.807) is 6.26 Å². The Hall–Kier alpha value is -0.640. The number of nitrogens with zero attached hydrogens (tertiary/aromatic N) is 1. The Morgan fingerprint density at radius 1 is 1.73 bits per heavy atom. The van der Waals surface area contributed by atoms with Crippen LogP contribution in [0.1, 0.15) is 18.0 Å². The van der Waals surface area contributed by atoms with Gasteiger partial charge in [0.15, 0.2) is 0 Å². The van der Waals surface area contributed by atoms with E-state index in [0.29, 0.717) is 5.92 Å². The van der Waals surface area contributed by atoms with Crippen LogP contribution in [0.5, 0.6) is 0 Å². The van der Waals surface area contributed by atoms with E-state index < -0.39 is 0 Å². The van der Waals surface area contributed by atoms with Crippen LogP contribution in [-0.4, -0.2) is 16.5 Å². The van der Waals surface area contributed by atoms with Crippen LogP contribution in [0, 0.1) is 0 Å². The minimum absolute atomic E-state index is 0.289. The van der Waals surface area contributed by atoms with Gasteiger partial charge in [0, 0.05) is 11.7 Å². The van der Waals surface area contributed by atoms with Gasteiger partial charge >= 0.3 is 0 Å². The zero-order valence-corrected chi connectivity index (χ0v) is 6.93. The van der Waals surface area contributed by atoms with Gasteiger partial charge in [0.25, 0.3) is 6.01 Å². The molecule has 2 rings (SSSR count). The summed E-state index contributed by atoms with van der Waals surface area (Å²) in [6, 6.07) is 0.289. The molecule has 11 heavy (non-hydrogen) atoms. The third-order valence-electron chi connectivity index (χ3n) is 1.89. The van der Waals surface area contributed by atoms with Gasteiger partial charge in [-0.1, -0.05) is 0 Å². The lowest BCUT2D eigenvalue weighted by Gasteiger charge is -1.99. The number of aromatic nitrogens is 1. The van der Waals surface area contributed by atoms with Crippen LogP contribution in [0.15, 0.2) is 10.7 Å². The zero-order chi connectivity index (χ0) is 7.68. The summed E-state index contributed by atoms with van der Waals surface area (Å²) in [5, 5.41) is 0. The first-order valence-corrected chi connectivity index (χ1v) is 4.80. The summed E-state index contributed by atoms with van der Waals surface area (Å²) < 4.78 is 4.93. The number of hydrogen-bond acceptors (Lipinski definition) is 4. The molecule has 3 nitrogen and oxygen atoms in total. The van der Waals surface area contributed by atoms with Crippen LogP contribution in [0.2, 0.25) is 0 Å². The number of thioether (sulfide) groups is 1. The van der Waals surface area contributed by atoms with E-state index in [9.17, 15) is 0 Å². The van der Waals surface area contributed by atoms with Crippen molar-refractivity contribution < 1.29 is 4.42 Å². The van der Waals surface area contributed by atoms with Gasteiger partial charge in [-0.25, -0.2) is 0 Å². The fourth-order valence-electron chi connectivity index (χ4n) is 1.26. The monoisotopic (exact) mass is 170 g/mol. The van der Waals surface area contributed by atoms with Crippen LogP contribution in [0.25, 0.3) is 0 Å². The van der Waals surface area contributed by atoms with Crippen molar-refractivity contribution >= 4 is 17.8 Å². The van der Waals surface area contributed by atoms with E-state index in [1.165, 1.54) is 12.2 Å². The molecule has 2 N–H and O–H groups in total. The van der Waals surface area contributed by atoms with E-state index in [2.05, 4.69) is 4.98 Å². The maximum Gasteiger partial charge on any atom is 0.292 e. The highest BCUT2D eigenvalue weighted by atomic mass is 32.2. The van der Waals surface area contributed by atoms with Gasteiger partial charge in [-0.05, 0) is 12.2 Å². The second-order valence-corrected chi connectivity index (χ2v) is 3.82. The van der Waals surface area contributed by atoms with E-state index >= 15 is 0 Å². The first-order chi connectivity index (χ1) is 5.36. The van der Waals surface area contributed by atoms with Crippen molar-refractivity contribution in [2.75, 3.05) is 17.2 Å². The molecular formula is C7H10N2OS. The van der Waals surface area contributed by atoms with Crippen molar-refractivity contribution in [1.82, 2.24) is 4.98 Å². The second kappa shape index (κ2) is 2.77. The lowest BCUT2D eigenvalue weighted by atomic mass is 10.1. The van der Waals surface area contributed by atoms with E-state index in [0.717, 1.165) is 11.4 Å². The van der Waals surface area contributed by atoms with Crippen LogP contribution in [0.3, 0.4) is 0 Å². The molecular weight excluding hydrogens is 160 g/mol. The summed E-state index contributed by atoms with van der Waals surface area (Å²) in [6.07, 6.45) is 2.88. The third-order valence-corrected chi connectivity index (χ3v) is 3.05. The molecule has 1 fully saturated rings. The summed E-state index contributed by atoms with van der Waals surface area (Å²) in [5.41, 5.74) is 6.38. The van der Waals surface area contributed by atoms with Crippen molar-refractivity contribution in [3.8, 4) is 0 Å². The minimum Gasteiger partial charge on any atom is -0.432 e. The molecule has 0 aromatic carbocycles. The smallest absolute Gasteiger partial charge is 0.292 e. The summed E-state index contributed by atoms with van der Waals surface area (Å²) in [4.78, 5) is 4.09. The molecule has 1 aliphatic heterocycles.